The molecule has 0 aliphatic heterocycles. The van der Waals surface area contributed by atoms with Crippen LogP contribution in [-0.4, -0.2) is 4.57 Å². The first kappa shape index (κ1) is 30.9. The molecular weight excluding hydrogens is 685 g/mol. The highest BCUT2D eigenvalue weighted by Crippen LogP contribution is 2.47. The first-order valence-electron chi connectivity index (χ1n) is 19.0. The molecule has 3 heterocycles. The zero-order chi connectivity index (χ0) is 36.7. The van der Waals surface area contributed by atoms with E-state index >= 15 is 0 Å². The van der Waals surface area contributed by atoms with Crippen molar-refractivity contribution in [2.45, 2.75) is 0 Å². The largest absolute Gasteiger partial charge is 0.456 e. The standard InChI is InChI=1S/C52H32N2O2/c1-2-17-38-33(13-1)27-29-41-43-31-34(28-30-49(43)56-52(38)41)37-16-3-7-21-44(37)54(47-24-12-26-50-51(47)42-20-6-10-25-48(42)55-50)36-15-11-14-35(32-36)53-45-22-8-4-18-39(45)40-19-5-9-23-46(40)53/h1-32H. The summed E-state index contributed by atoms with van der Waals surface area (Å²) in [5.41, 5.74) is 12.3. The van der Waals surface area contributed by atoms with E-state index in [0.29, 0.717) is 0 Å². The summed E-state index contributed by atoms with van der Waals surface area (Å²) in [7, 11) is 0. The van der Waals surface area contributed by atoms with E-state index in [-0.39, 0.29) is 0 Å². The number of hydrogen-bond acceptors (Lipinski definition) is 3. The molecule has 262 valence electrons. The van der Waals surface area contributed by atoms with Crippen molar-refractivity contribution in [1.29, 1.82) is 0 Å². The van der Waals surface area contributed by atoms with E-state index < -0.39 is 0 Å². The topological polar surface area (TPSA) is 34.5 Å². The van der Waals surface area contributed by atoms with Gasteiger partial charge in [-0.05, 0) is 83.7 Å². The highest BCUT2D eigenvalue weighted by Gasteiger charge is 2.23. The Kier molecular flexibility index (Phi) is 6.60. The number of aromatic nitrogens is 1. The minimum Gasteiger partial charge on any atom is -0.456 e. The van der Waals surface area contributed by atoms with Gasteiger partial charge in [0.15, 0.2) is 0 Å². The molecule has 12 rings (SSSR count). The zero-order valence-corrected chi connectivity index (χ0v) is 30.2. The average molecular weight is 717 g/mol. The van der Waals surface area contributed by atoms with E-state index in [4.69, 9.17) is 8.83 Å². The molecule has 0 bridgehead atoms. The lowest BCUT2D eigenvalue weighted by atomic mass is 9.98. The van der Waals surface area contributed by atoms with Gasteiger partial charge in [0.25, 0.3) is 0 Å². The monoisotopic (exact) mass is 716 g/mol. The van der Waals surface area contributed by atoms with E-state index in [1.165, 1.54) is 27.2 Å². The van der Waals surface area contributed by atoms with Crippen LogP contribution in [0.2, 0.25) is 0 Å². The second kappa shape index (κ2) is 12.0. The van der Waals surface area contributed by atoms with Crippen LogP contribution in [0.15, 0.2) is 203 Å². The molecule has 0 aliphatic carbocycles. The fourth-order valence-corrected chi connectivity index (χ4v) is 8.91. The lowest BCUT2D eigenvalue weighted by Crippen LogP contribution is -2.12. The lowest BCUT2D eigenvalue weighted by molar-refractivity contribution is 0.669. The first-order valence-corrected chi connectivity index (χ1v) is 19.0. The van der Waals surface area contributed by atoms with Crippen molar-refractivity contribution in [2.24, 2.45) is 0 Å². The van der Waals surface area contributed by atoms with E-state index in [2.05, 4.69) is 191 Å². The van der Waals surface area contributed by atoms with Gasteiger partial charge in [-0.3, -0.25) is 0 Å². The predicted octanol–water partition coefficient (Wildman–Crippen LogP) is 14.9. The Morgan fingerprint density at radius 3 is 1.91 bits per heavy atom. The molecule has 0 radical (unpaired) electrons. The summed E-state index contributed by atoms with van der Waals surface area (Å²) in [6.45, 7) is 0. The van der Waals surface area contributed by atoms with Crippen molar-refractivity contribution in [1.82, 2.24) is 4.57 Å². The van der Waals surface area contributed by atoms with Crippen LogP contribution in [0.25, 0.3) is 93.3 Å². The van der Waals surface area contributed by atoms with E-state index in [0.717, 1.165) is 83.1 Å². The number of benzene rings is 9. The van der Waals surface area contributed by atoms with Crippen molar-refractivity contribution in [2.75, 3.05) is 4.90 Å². The predicted molar refractivity (Wildman–Crippen MR) is 233 cm³/mol. The maximum atomic E-state index is 6.54. The van der Waals surface area contributed by atoms with Gasteiger partial charge in [0.2, 0.25) is 0 Å². The number of hydrogen-bond donors (Lipinski definition) is 0. The lowest BCUT2D eigenvalue weighted by Gasteiger charge is -2.29. The maximum Gasteiger partial charge on any atom is 0.143 e. The molecule has 0 atom stereocenters. The fraction of sp³-hybridized carbons (Fsp3) is 0. The SMILES string of the molecule is c1cc(N(c2ccccc2-c2ccc3oc4c5ccccc5ccc4c3c2)c2cccc3oc4ccccc4c23)cc(-n2c3ccccc3c3ccccc32)c1. The van der Waals surface area contributed by atoms with Gasteiger partial charge >= 0.3 is 0 Å². The number of para-hydroxylation sites is 4. The average Bonchev–Trinajstić information content (AvgIpc) is 3.94. The van der Waals surface area contributed by atoms with Gasteiger partial charge in [-0.15, -0.1) is 0 Å². The fourth-order valence-electron chi connectivity index (χ4n) is 8.91. The third-order valence-corrected chi connectivity index (χ3v) is 11.4. The summed E-state index contributed by atoms with van der Waals surface area (Å²) in [5, 5.41) is 9.13. The summed E-state index contributed by atoms with van der Waals surface area (Å²) in [5.74, 6) is 0. The van der Waals surface area contributed by atoms with Crippen molar-refractivity contribution in [3.63, 3.8) is 0 Å². The molecule has 0 saturated carbocycles. The first-order chi connectivity index (χ1) is 27.8. The second-order valence-electron chi connectivity index (χ2n) is 14.5. The Hall–Kier alpha value is -7.56. The summed E-state index contributed by atoms with van der Waals surface area (Å²) >= 11 is 0. The van der Waals surface area contributed by atoms with Gasteiger partial charge in [-0.1, -0.05) is 121 Å². The van der Waals surface area contributed by atoms with E-state index in [9.17, 15) is 0 Å². The van der Waals surface area contributed by atoms with Crippen LogP contribution in [-0.2, 0) is 0 Å². The zero-order valence-electron chi connectivity index (χ0n) is 30.2. The van der Waals surface area contributed by atoms with Crippen molar-refractivity contribution in [3.8, 4) is 16.8 Å². The normalized spacial score (nSPS) is 11.9. The van der Waals surface area contributed by atoms with Crippen molar-refractivity contribution >= 4 is 93.5 Å². The number of nitrogens with zero attached hydrogens (tertiary/aromatic N) is 2. The summed E-state index contributed by atoms with van der Waals surface area (Å²) in [6.07, 6.45) is 0. The van der Waals surface area contributed by atoms with Crippen LogP contribution >= 0.6 is 0 Å². The molecule has 0 fully saturated rings. The van der Waals surface area contributed by atoms with Gasteiger partial charge in [0.05, 0.1) is 27.8 Å². The molecule has 4 nitrogen and oxygen atoms in total. The number of fused-ring (bicyclic) bond motifs is 11. The molecule has 0 unspecified atom stereocenters. The Morgan fingerprint density at radius 1 is 0.393 bits per heavy atom. The molecule has 0 spiro atoms. The van der Waals surface area contributed by atoms with Gasteiger partial charge in [0, 0.05) is 49.3 Å². The van der Waals surface area contributed by atoms with Gasteiger partial charge in [0.1, 0.15) is 22.3 Å². The number of furan rings is 2. The van der Waals surface area contributed by atoms with Gasteiger partial charge in [-0.25, -0.2) is 0 Å². The quantitative estimate of drug-likeness (QED) is 0.178. The smallest absolute Gasteiger partial charge is 0.143 e. The summed E-state index contributed by atoms with van der Waals surface area (Å²) in [4.78, 5) is 2.40. The third-order valence-electron chi connectivity index (χ3n) is 11.4. The molecule has 4 heteroatoms. The van der Waals surface area contributed by atoms with E-state index in [1.54, 1.807) is 0 Å². The summed E-state index contributed by atoms with van der Waals surface area (Å²) in [6, 6.07) is 69.1. The van der Waals surface area contributed by atoms with Crippen LogP contribution in [0.5, 0.6) is 0 Å². The minimum atomic E-state index is 0.850. The molecule has 3 aromatic heterocycles. The van der Waals surface area contributed by atoms with E-state index in [1.807, 2.05) is 12.1 Å². The third kappa shape index (κ3) is 4.53. The highest BCUT2D eigenvalue weighted by molar-refractivity contribution is 6.17. The molecule has 0 N–H and O–H groups in total. The molecule has 0 saturated heterocycles. The molecule has 9 aromatic carbocycles. The molecule has 56 heavy (non-hydrogen) atoms. The minimum absolute atomic E-state index is 0.850. The number of rotatable bonds is 5. The molecule has 12 aromatic rings. The van der Waals surface area contributed by atoms with Crippen LogP contribution in [0, 0.1) is 0 Å². The van der Waals surface area contributed by atoms with Crippen LogP contribution in [0.4, 0.5) is 17.1 Å². The van der Waals surface area contributed by atoms with Crippen LogP contribution in [0.3, 0.4) is 0 Å². The Balaban J connectivity index is 1.12. The van der Waals surface area contributed by atoms with Crippen molar-refractivity contribution in [3.05, 3.63) is 194 Å². The number of anilines is 3. The Bertz CT molecular complexity index is 3460. The van der Waals surface area contributed by atoms with Gasteiger partial charge in [-0.2, -0.15) is 0 Å². The maximum absolute atomic E-state index is 6.54. The molecule has 0 amide bonds. The summed E-state index contributed by atoms with van der Waals surface area (Å²) < 4.78 is 15.4. The Labute approximate surface area is 321 Å². The molecular formula is C52H32N2O2. The second-order valence-corrected chi connectivity index (χ2v) is 14.5. The Morgan fingerprint density at radius 2 is 1.05 bits per heavy atom. The highest BCUT2D eigenvalue weighted by atomic mass is 16.3. The van der Waals surface area contributed by atoms with Gasteiger partial charge < -0.3 is 18.3 Å². The van der Waals surface area contributed by atoms with Crippen LogP contribution < -0.4 is 4.90 Å². The van der Waals surface area contributed by atoms with Crippen molar-refractivity contribution < 1.29 is 8.83 Å². The van der Waals surface area contributed by atoms with Crippen LogP contribution in [0.1, 0.15) is 0 Å². The molecule has 0 aliphatic rings.